The molecule has 4 aromatic rings. The number of ether oxygens (including phenoxy) is 3. The molecule has 1 aromatic heterocycles. The molecule has 216 valence electrons. The minimum atomic E-state index is -0.142. The Morgan fingerprint density at radius 1 is 0.927 bits per heavy atom. The number of aryl methyl sites for hydroxylation is 1. The Labute approximate surface area is 248 Å². The molecule has 9 nitrogen and oxygen atoms in total. The number of rotatable bonds is 12. The van der Waals surface area contributed by atoms with Gasteiger partial charge < -0.3 is 28.2 Å². The lowest BCUT2D eigenvalue weighted by molar-refractivity contribution is -0.129. The van der Waals surface area contributed by atoms with Gasteiger partial charge in [0, 0.05) is 30.7 Å². The quantitative estimate of drug-likeness (QED) is 0.225. The number of likely N-dealkylation sites (N-methyl/N-ethyl adjacent to an activating group) is 1. The summed E-state index contributed by atoms with van der Waals surface area (Å²) in [5.74, 6) is 1.22. The van der Waals surface area contributed by atoms with Gasteiger partial charge in [-0.2, -0.15) is 0 Å². The summed E-state index contributed by atoms with van der Waals surface area (Å²) in [6.45, 7) is 0.872. The number of benzene rings is 3. The van der Waals surface area contributed by atoms with Crippen LogP contribution in [0.25, 0.3) is 11.0 Å². The molecule has 41 heavy (non-hydrogen) atoms. The number of Topliss-reactive ketones (excluding diaryl/α,β-unsaturated/α-hetero) is 1. The molecule has 1 amide bonds. The van der Waals surface area contributed by atoms with E-state index in [4.69, 9.17) is 42.8 Å². The molecule has 1 heterocycles. The number of imidazole rings is 1. The van der Waals surface area contributed by atoms with Gasteiger partial charge >= 0.3 is 0 Å². The van der Waals surface area contributed by atoms with E-state index in [9.17, 15) is 9.59 Å². The van der Waals surface area contributed by atoms with Gasteiger partial charge in [0.25, 0.3) is 0 Å². The molecule has 0 spiro atoms. The molecule has 0 bridgehead atoms. The van der Waals surface area contributed by atoms with Crippen molar-refractivity contribution in [2.75, 3.05) is 34.9 Å². The first-order valence-electron chi connectivity index (χ1n) is 12.9. The Balaban J connectivity index is 1.48. The number of nitrogens with zero attached hydrogens (tertiary/aromatic N) is 3. The Hall–Kier alpha value is -3.95. The second-order valence-electron chi connectivity index (χ2n) is 9.48. The van der Waals surface area contributed by atoms with E-state index < -0.39 is 0 Å². The van der Waals surface area contributed by atoms with Crippen molar-refractivity contribution < 1.29 is 23.8 Å². The number of methoxy groups -OCH3 is 3. The third-order valence-corrected chi connectivity index (χ3v) is 7.44. The first-order valence-corrected chi connectivity index (χ1v) is 13.7. The first kappa shape index (κ1) is 30.0. The second kappa shape index (κ2) is 13.1. The number of hydrogen-bond donors (Lipinski definition) is 1. The highest BCUT2D eigenvalue weighted by Crippen LogP contribution is 2.38. The molecular weight excluding hydrogens is 567 g/mol. The van der Waals surface area contributed by atoms with Crippen molar-refractivity contribution in [3.05, 3.63) is 81.4 Å². The Morgan fingerprint density at radius 3 is 2.20 bits per heavy atom. The van der Waals surface area contributed by atoms with Gasteiger partial charge in [0.05, 0.1) is 50.4 Å². The van der Waals surface area contributed by atoms with Crippen molar-refractivity contribution in [2.45, 2.75) is 25.9 Å². The number of carbonyl (C=O) groups is 2. The smallest absolute Gasteiger partial charge is 0.226 e. The maximum Gasteiger partial charge on any atom is 0.226 e. The van der Waals surface area contributed by atoms with E-state index in [-0.39, 0.29) is 30.3 Å². The average Bonchev–Trinajstić information content (AvgIpc) is 3.23. The number of aromatic nitrogens is 2. The molecule has 0 radical (unpaired) electrons. The normalized spacial score (nSPS) is 11.0. The molecule has 0 aliphatic heterocycles. The van der Waals surface area contributed by atoms with Gasteiger partial charge in [-0.05, 0) is 60.5 Å². The molecule has 1 N–H and O–H groups in total. The van der Waals surface area contributed by atoms with Crippen LogP contribution in [0, 0.1) is 5.41 Å². The maximum atomic E-state index is 13.0. The lowest BCUT2D eigenvalue weighted by Crippen LogP contribution is -2.31. The fraction of sp³-hybridized carbons (Fsp3) is 0.300. The fourth-order valence-electron chi connectivity index (χ4n) is 4.74. The van der Waals surface area contributed by atoms with Crippen molar-refractivity contribution >= 4 is 45.9 Å². The molecule has 0 aliphatic carbocycles. The SMILES string of the molecule is COc1cc(CC(=O)N(C)CCCn2c(=N)n(CC(=O)c3ccc(Cl)cc3)c3cccc(Cl)c32)cc(OC)c1OC. The van der Waals surface area contributed by atoms with E-state index in [0.29, 0.717) is 63.4 Å². The standard InChI is InChI=1S/C30H32Cl2N4O5/c1-34(27(38)17-19-15-25(39-2)29(41-4)26(16-19)40-3)13-6-14-35-28-22(32)7-5-8-23(28)36(30(35)33)18-24(37)20-9-11-21(31)12-10-20/h5,7-12,15-16,33H,6,13-14,17-18H2,1-4H3. The van der Waals surface area contributed by atoms with Gasteiger partial charge in [-0.25, -0.2) is 0 Å². The zero-order valence-electron chi connectivity index (χ0n) is 23.4. The Morgan fingerprint density at radius 2 is 1.59 bits per heavy atom. The number of para-hydroxylation sites is 1. The molecule has 0 atom stereocenters. The summed E-state index contributed by atoms with van der Waals surface area (Å²) >= 11 is 12.5. The van der Waals surface area contributed by atoms with Gasteiger partial charge in [0.2, 0.25) is 17.3 Å². The summed E-state index contributed by atoms with van der Waals surface area (Å²) in [7, 11) is 6.34. The largest absolute Gasteiger partial charge is 0.493 e. The Bertz CT molecular complexity index is 1600. The van der Waals surface area contributed by atoms with Crippen LogP contribution in [0.5, 0.6) is 17.2 Å². The number of halogens is 2. The monoisotopic (exact) mass is 598 g/mol. The number of ketones is 1. The van der Waals surface area contributed by atoms with Gasteiger partial charge in [0.1, 0.15) is 0 Å². The van der Waals surface area contributed by atoms with E-state index in [2.05, 4.69) is 0 Å². The predicted molar refractivity (Wildman–Crippen MR) is 159 cm³/mol. The van der Waals surface area contributed by atoms with Crippen LogP contribution < -0.4 is 19.8 Å². The summed E-state index contributed by atoms with van der Waals surface area (Å²) in [6, 6.07) is 15.6. The zero-order chi connectivity index (χ0) is 29.7. The van der Waals surface area contributed by atoms with Gasteiger partial charge in [-0.1, -0.05) is 29.3 Å². The van der Waals surface area contributed by atoms with Gasteiger partial charge in [-0.3, -0.25) is 15.0 Å². The maximum absolute atomic E-state index is 13.0. The number of carbonyl (C=O) groups excluding carboxylic acids is 2. The van der Waals surface area contributed by atoms with Crippen molar-refractivity contribution in [3.8, 4) is 17.2 Å². The van der Waals surface area contributed by atoms with E-state index in [0.717, 1.165) is 5.56 Å². The minimum Gasteiger partial charge on any atom is -0.493 e. The van der Waals surface area contributed by atoms with Crippen molar-refractivity contribution in [3.63, 3.8) is 0 Å². The molecular formula is C30H32Cl2N4O5. The highest BCUT2D eigenvalue weighted by Gasteiger charge is 2.19. The molecule has 0 fully saturated rings. The summed E-state index contributed by atoms with van der Waals surface area (Å²) in [6.07, 6.45) is 0.728. The second-order valence-corrected chi connectivity index (χ2v) is 10.3. The topological polar surface area (TPSA) is 98.8 Å². The predicted octanol–water partition coefficient (Wildman–Crippen LogP) is 5.23. The van der Waals surface area contributed by atoms with Crippen molar-refractivity contribution in [1.82, 2.24) is 14.0 Å². The lowest BCUT2D eigenvalue weighted by Gasteiger charge is -2.19. The summed E-state index contributed by atoms with van der Waals surface area (Å²) < 4.78 is 19.6. The average molecular weight is 600 g/mol. The summed E-state index contributed by atoms with van der Waals surface area (Å²) in [5.41, 5.74) is 2.77. The van der Waals surface area contributed by atoms with Crippen LogP contribution in [0.3, 0.4) is 0 Å². The van der Waals surface area contributed by atoms with Crippen LogP contribution in [0.1, 0.15) is 22.3 Å². The zero-order valence-corrected chi connectivity index (χ0v) is 24.9. The lowest BCUT2D eigenvalue weighted by atomic mass is 10.1. The first-order chi connectivity index (χ1) is 19.7. The molecule has 0 saturated heterocycles. The van der Waals surface area contributed by atoms with E-state index in [1.54, 1.807) is 69.6 Å². The minimum absolute atomic E-state index is 0.0164. The van der Waals surface area contributed by atoms with Crippen LogP contribution in [-0.4, -0.2) is 60.6 Å². The molecule has 4 rings (SSSR count). The Kier molecular flexibility index (Phi) is 9.62. The van der Waals surface area contributed by atoms with Gasteiger partial charge in [0.15, 0.2) is 17.3 Å². The fourth-order valence-corrected chi connectivity index (χ4v) is 5.14. The van der Waals surface area contributed by atoms with Crippen LogP contribution in [-0.2, 0) is 24.3 Å². The van der Waals surface area contributed by atoms with E-state index >= 15 is 0 Å². The number of fused-ring (bicyclic) bond motifs is 1. The van der Waals surface area contributed by atoms with Crippen molar-refractivity contribution in [1.29, 1.82) is 5.41 Å². The summed E-state index contributed by atoms with van der Waals surface area (Å²) in [5, 5.41) is 9.90. The van der Waals surface area contributed by atoms with E-state index in [1.807, 2.05) is 6.07 Å². The third kappa shape index (κ3) is 6.52. The molecule has 0 aliphatic rings. The molecule has 3 aromatic carbocycles. The highest BCUT2D eigenvalue weighted by molar-refractivity contribution is 6.35. The van der Waals surface area contributed by atoms with E-state index in [1.165, 1.54) is 21.3 Å². The highest BCUT2D eigenvalue weighted by atomic mass is 35.5. The summed E-state index contributed by atoms with van der Waals surface area (Å²) in [4.78, 5) is 27.7. The number of nitrogens with one attached hydrogen (secondary N) is 1. The van der Waals surface area contributed by atoms with Crippen molar-refractivity contribution in [2.24, 2.45) is 0 Å². The molecule has 0 unspecified atom stereocenters. The molecule has 11 heteroatoms. The number of hydrogen-bond acceptors (Lipinski definition) is 6. The van der Waals surface area contributed by atoms with Crippen LogP contribution in [0.2, 0.25) is 10.0 Å². The van der Waals surface area contributed by atoms with Crippen LogP contribution in [0.4, 0.5) is 0 Å². The van der Waals surface area contributed by atoms with Gasteiger partial charge in [-0.15, -0.1) is 0 Å². The molecule has 0 saturated carbocycles. The number of amides is 1. The van der Waals surface area contributed by atoms with Crippen LogP contribution >= 0.6 is 23.2 Å². The van der Waals surface area contributed by atoms with Crippen LogP contribution in [0.15, 0.2) is 54.6 Å². The third-order valence-electron chi connectivity index (χ3n) is 6.89.